The molecule has 0 radical (unpaired) electrons. The summed E-state index contributed by atoms with van der Waals surface area (Å²) < 4.78 is 6.68. The summed E-state index contributed by atoms with van der Waals surface area (Å²) in [6.07, 6.45) is 3.40. The van der Waals surface area contributed by atoms with Gasteiger partial charge in [0.2, 0.25) is 0 Å². The molecule has 0 atom stereocenters. The van der Waals surface area contributed by atoms with Crippen molar-refractivity contribution in [2.75, 3.05) is 6.54 Å². The average molecular weight is 382 g/mol. The third-order valence-electron chi connectivity index (χ3n) is 3.40. The average Bonchev–Trinajstić information content (AvgIpc) is 3.16. The Morgan fingerprint density at radius 1 is 1.19 bits per heavy atom. The third-order valence-corrected chi connectivity index (χ3v) is 3.60. The third kappa shape index (κ3) is 5.83. The molecule has 2 heterocycles. The first-order valence-corrected chi connectivity index (χ1v) is 8.56. The fraction of sp³-hybridized carbons (Fsp3) is 0.158. The van der Waals surface area contributed by atoms with Gasteiger partial charge in [-0.15, -0.1) is 10.2 Å². The largest absolute Gasteiger partial charge is 0.445 e. The van der Waals surface area contributed by atoms with E-state index >= 15 is 0 Å². The van der Waals surface area contributed by atoms with Crippen LogP contribution in [-0.2, 0) is 11.3 Å². The summed E-state index contributed by atoms with van der Waals surface area (Å²) >= 11 is 5.71. The van der Waals surface area contributed by atoms with Crippen LogP contribution in [0.5, 0.6) is 0 Å². The van der Waals surface area contributed by atoms with E-state index in [0.29, 0.717) is 23.9 Å². The maximum Gasteiger partial charge on any atom is 0.407 e. The molecular formula is C19H16ClN5O2. The molecule has 0 saturated heterocycles. The highest BCUT2D eigenvalue weighted by Gasteiger charge is 2.02. The molecule has 1 amide bonds. The van der Waals surface area contributed by atoms with Gasteiger partial charge in [-0.2, -0.15) is 5.10 Å². The number of alkyl carbamates (subject to hydrolysis) is 1. The predicted molar refractivity (Wildman–Crippen MR) is 100 cm³/mol. The number of halogens is 1. The summed E-state index contributed by atoms with van der Waals surface area (Å²) in [6, 6.07) is 12.9. The van der Waals surface area contributed by atoms with E-state index < -0.39 is 6.09 Å². The second kappa shape index (κ2) is 9.36. The SMILES string of the molecule is O=C(NCCC#Cc1cnn(-c2ccc(Cl)nn2)c1)OCc1ccccc1. The van der Waals surface area contributed by atoms with E-state index in [2.05, 4.69) is 32.5 Å². The maximum absolute atomic E-state index is 11.6. The fourth-order valence-corrected chi connectivity index (χ4v) is 2.21. The second-order valence-electron chi connectivity index (χ2n) is 5.43. The van der Waals surface area contributed by atoms with Crippen LogP contribution in [0, 0.1) is 11.8 Å². The molecule has 0 unspecified atom stereocenters. The normalized spacial score (nSPS) is 9.96. The molecule has 7 nitrogen and oxygen atoms in total. The molecule has 27 heavy (non-hydrogen) atoms. The van der Waals surface area contributed by atoms with Gasteiger partial charge >= 0.3 is 6.09 Å². The first-order chi connectivity index (χ1) is 13.2. The summed E-state index contributed by atoms with van der Waals surface area (Å²) in [7, 11) is 0. The van der Waals surface area contributed by atoms with Crippen LogP contribution in [0.4, 0.5) is 4.79 Å². The molecular weight excluding hydrogens is 366 g/mol. The Hall–Kier alpha value is -3.37. The van der Waals surface area contributed by atoms with E-state index in [1.807, 2.05) is 30.3 Å². The summed E-state index contributed by atoms with van der Waals surface area (Å²) in [5.41, 5.74) is 1.67. The number of amides is 1. The number of nitrogens with one attached hydrogen (secondary N) is 1. The predicted octanol–water partition coefficient (Wildman–Crippen LogP) is 2.98. The van der Waals surface area contributed by atoms with Crippen molar-refractivity contribution in [2.24, 2.45) is 0 Å². The topological polar surface area (TPSA) is 81.9 Å². The highest BCUT2D eigenvalue weighted by atomic mass is 35.5. The van der Waals surface area contributed by atoms with Crippen molar-refractivity contribution in [3.05, 3.63) is 71.1 Å². The van der Waals surface area contributed by atoms with Gasteiger partial charge in [0.25, 0.3) is 0 Å². The van der Waals surface area contributed by atoms with Gasteiger partial charge in [-0.05, 0) is 17.7 Å². The summed E-state index contributed by atoms with van der Waals surface area (Å²) in [6.45, 7) is 0.641. The Labute approximate surface area is 161 Å². The zero-order valence-corrected chi connectivity index (χ0v) is 15.1. The lowest BCUT2D eigenvalue weighted by Gasteiger charge is -2.05. The molecule has 3 aromatic rings. The minimum Gasteiger partial charge on any atom is -0.445 e. The number of ether oxygens (including phenoxy) is 1. The molecule has 0 aliphatic heterocycles. The molecule has 0 saturated carbocycles. The van der Waals surface area contributed by atoms with Crippen LogP contribution in [0.1, 0.15) is 17.5 Å². The van der Waals surface area contributed by atoms with E-state index in [0.717, 1.165) is 11.1 Å². The van der Waals surface area contributed by atoms with Crippen LogP contribution in [0.25, 0.3) is 5.82 Å². The van der Waals surface area contributed by atoms with Gasteiger partial charge in [0.15, 0.2) is 11.0 Å². The van der Waals surface area contributed by atoms with Crippen molar-refractivity contribution in [3.63, 3.8) is 0 Å². The summed E-state index contributed by atoms with van der Waals surface area (Å²) in [4.78, 5) is 11.6. The van der Waals surface area contributed by atoms with Gasteiger partial charge in [0.1, 0.15) is 6.61 Å². The maximum atomic E-state index is 11.6. The smallest absolute Gasteiger partial charge is 0.407 e. The molecule has 0 fully saturated rings. The Kier molecular flexibility index (Phi) is 6.39. The number of aromatic nitrogens is 4. The van der Waals surface area contributed by atoms with Crippen molar-refractivity contribution in [1.82, 2.24) is 25.3 Å². The standard InChI is InChI=1S/C19H16ClN5O2/c20-17-9-10-18(24-23-17)25-13-16(12-22-25)8-4-5-11-21-19(26)27-14-15-6-2-1-3-7-15/h1-3,6-7,9-10,12-13H,5,11,14H2,(H,21,26). The number of hydrogen-bond donors (Lipinski definition) is 1. The fourth-order valence-electron chi connectivity index (χ4n) is 2.11. The number of rotatable bonds is 5. The number of benzene rings is 1. The van der Waals surface area contributed by atoms with Gasteiger partial charge in [-0.3, -0.25) is 0 Å². The second-order valence-corrected chi connectivity index (χ2v) is 5.82. The molecule has 136 valence electrons. The van der Waals surface area contributed by atoms with E-state index in [9.17, 15) is 4.79 Å². The molecule has 0 bridgehead atoms. The Morgan fingerprint density at radius 3 is 2.81 bits per heavy atom. The summed E-state index contributed by atoms with van der Waals surface area (Å²) in [5.74, 6) is 6.50. The zero-order valence-electron chi connectivity index (χ0n) is 14.3. The Bertz CT molecular complexity index is 945. The van der Waals surface area contributed by atoms with Crippen molar-refractivity contribution in [2.45, 2.75) is 13.0 Å². The van der Waals surface area contributed by atoms with E-state index in [4.69, 9.17) is 16.3 Å². The first kappa shape index (κ1) is 18.4. The molecule has 8 heteroatoms. The highest BCUT2D eigenvalue weighted by Crippen LogP contribution is 2.07. The quantitative estimate of drug-likeness (QED) is 0.542. The van der Waals surface area contributed by atoms with Crippen LogP contribution in [0.3, 0.4) is 0 Å². The molecule has 0 aliphatic rings. The van der Waals surface area contributed by atoms with Crippen molar-refractivity contribution in [1.29, 1.82) is 0 Å². The number of hydrogen-bond acceptors (Lipinski definition) is 5. The van der Waals surface area contributed by atoms with Gasteiger partial charge in [0.05, 0.1) is 11.8 Å². The molecule has 1 aromatic carbocycles. The van der Waals surface area contributed by atoms with Gasteiger partial charge in [0, 0.05) is 19.2 Å². The zero-order chi connectivity index (χ0) is 18.9. The minimum absolute atomic E-state index is 0.241. The van der Waals surface area contributed by atoms with E-state index in [1.165, 1.54) is 0 Å². The van der Waals surface area contributed by atoms with Crippen molar-refractivity contribution >= 4 is 17.7 Å². The Morgan fingerprint density at radius 2 is 2.04 bits per heavy atom. The molecule has 2 aromatic heterocycles. The first-order valence-electron chi connectivity index (χ1n) is 8.18. The van der Waals surface area contributed by atoms with Crippen molar-refractivity contribution < 1.29 is 9.53 Å². The van der Waals surface area contributed by atoms with Crippen LogP contribution in [-0.4, -0.2) is 32.6 Å². The van der Waals surface area contributed by atoms with Crippen LogP contribution >= 0.6 is 11.6 Å². The van der Waals surface area contributed by atoms with Gasteiger partial charge in [-0.1, -0.05) is 53.8 Å². The molecule has 0 spiro atoms. The number of carbonyl (C=O) groups is 1. The van der Waals surface area contributed by atoms with Crippen LogP contribution in [0.2, 0.25) is 5.15 Å². The van der Waals surface area contributed by atoms with Gasteiger partial charge in [-0.25, -0.2) is 9.48 Å². The molecule has 3 rings (SSSR count). The lowest BCUT2D eigenvalue weighted by Crippen LogP contribution is -2.24. The van der Waals surface area contributed by atoms with Gasteiger partial charge < -0.3 is 10.1 Å². The summed E-state index contributed by atoms with van der Waals surface area (Å²) in [5, 5.41) is 14.9. The lowest BCUT2D eigenvalue weighted by molar-refractivity contribution is 0.140. The minimum atomic E-state index is -0.463. The van der Waals surface area contributed by atoms with Crippen molar-refractivity contribution in [3.8, 4) is 17.7 Å². The lowest BCUT2D eigenvalue weighted by atomic mass is 10.2. The number of nitrogens with zero attached hydrogens (tertiary/aromatic N) is 4. The van der Waals surface area contributed by atoms with E-state index in [1.54, 1.807) is 29.2 Å². The van der Waals surface area contributed by atoms with E-state index in [-0.39, 0.29) is 6.61 Å². The molecule has 1 N–H and O–H groups in total. The number of carbonyl (C=O) groups excluding carboxylic acids is 1. The van der Waals surface area contributed by atoms with Crippen LogP contribution in [0.15, 0.2) is 54.9 Å². The highest BCUT2D eigenvalue weighted by molar-refractivity contribution is 6.29. The molecule has 0 aliphatic carbocycles. The Balaban J connectivity index is 1.40. The monoisotopic (exact) mass is 381 g/mol. The van der Waals surface area contributed by atoms with Crippen LogP contribution < -0.4 is 5.32 Å².